The summed E-state index contributed by atoms with van der Waals surface area (Å²) in [7, 11) is 0. The Labute approximate surface area is 58.6 Å². The highest BCUT2D eigenvalue weighted by molar-refractivity contribution is 5.70. The Morgan fingerprint density at radius 1 is 1.00 bits per heavy atom. The van der Waals surface area contributed by atoms with E-state index < -0.39 is 0 Å². The average Bonchev–Trinajstić information content (AvgIpc) is 2.02. The van der Waals surface area contributed by atoms with Crippen molar-refractivity contribution < 1.29 is 4.87 Å². The molecule has 1 heterocycles. The Hall–Kier alpha value is -1.51. The highest BCUT2D eigenvalue weighted by Crippen LogP contribution is 1.85. The predicted octanol–water partition coefficient (Wildman–Crippen LogP) is 1.39. The van der Waals surface area contributed by atoms with Crippen LogP contribution in [0.1, 0.15) is 0 Å². The Kier molecular flexibility index (Phi) is 2.31. The van der Waals surface area contributed by atoms with Crippen LogP contribution in [0.4, 0.5) is 0 Å². The van der Waals surface area contributed by atoms with E-state index in [1.54, 1.807) is 24.3 Å². The van der Waals surface area contributed by atoms with Gasteiger partial charge < -0.3 is 0 Å². The van der Waals surface area contributed by atoms with Gasteiger partial charge >= 0.3 is 0 Å². The van der Waals surface area contributed by atoms with Gasteiger partial charge in [-0.1, -0.05) is 18.2 Å². The fourth-order valence-electron chi connectivity index (χ4n) is 0.508. The fraction of sp³-hybridized carbons (Fsp3) is 0. The summed E-state index contributed by atoms with van der Waals surface area (Å²) in [6.45, 7) is 0. The maximum absolute atomic E-state index is 10.6. The molecule has 1 rings (SSSR count). The second kappa shape index (κ2) is 3.50. The van der Waals surface area contributed by atoms with Crippen molar-refractivity contribution in [1.82, 2.24) is 0 Å². The van der Waals surface area contributed by atoms with E-state index in [-0.39, 0.29) is 0 Å². The maximum Gasteiger partial charge on any atom is 0.260 e. The van der Waals surface area contributed by atoms with Crippen LogP contribution in [0.5, 0.6) is 0 Å². The second-order valence-electron chi connectivity index (χ2n) is 1.68. The number of nitrogens with zero attached hydrogens (tertiary/aromatic N) is 2. The van der Waals surface area contributed by atoms with Gasteiger partial charge in [0.2, 0.25) is 0 Å². The van der Waals surface area contributed by atoms with Crippen LogP contribution in [-0.4, -0.2) is 11.1 Å². The molecule has 0 aromatic rings. The summed E-state index contributed by atoms with van der Waals surface area (Å²) in [5.41, 5.74) is 0. The average molecular weight is 135 g/mol. The Balaban J connectivity index is 2.80. The van der Waals surface area contributed by atoms with Crippen molar-refractivity contribution in [3.8, 4) is 0 Å². The summed E-state index contributed by atoms with van der Waals surface area (Å²) in [6.07, 6.45) is 11.5. The Morgan fingerprint density at radius 2 is 1.70 bits per heavy atom. The summed E-state index contributed by atoms with van der Waals surface area (Å²) >= 11 is 0. The molecular weight excluding hydrogens is 128 g/mol. The zero-order chi connectivity index (χ0) is 7.23. The first kappa shape index (κ1) is 6.61. The van der Waals surface area contributed by atoms with Crippen LogP contribution in [0.15, 0.2) is 41.7 Å². The number of hydrazone groups is 1. The minimum atomic E-state index is 0.500. The van der Waals surface area contributed by atoms with Crippen LogP contribution >= 0.6 is 0 Å². The molecule has 0 saturated heterocycles. The van der Waals surface area contributed by atoms with E-state index in [4.69, 9.17) is 0 Å². The van der Waals surface area contributed by atoms with Crippen LogP contribution in [0, 0.1) is 4.91 Å². The third kappa shape index (κ3) is 2.17. The van der Waals surface area contributed by atoms with Crippen LogP contribution in [0.25, 0.3) is 0 Å². The molecule has 50 valence electrons. The summed E-state index contributed by atoms with van der Waals surface area (Å²) in [4.78, 5) is 11.1. The summed E-state index contributed by atoms with van der Waals surface area (Å²) < 4.78 is 0. The molecule has 0 radical (unpaired) electrons. The lowest BCUT2D eigenvalue weighted by Crippen LogP contribution is -1.85. The molecule has 3 nitrogen and oxygen atoms in total. The van der Waals surface area contributed by atoms with Crippen LogP contribution in [0.3, 0.4) is 0 Å². The van der Waals surface area contributed by atoms with E-state index in [1.807, 2.05) is 6.08 Å². The normalized spacial score (nSPS) is 29.4. The first-order valence-corrected chi connectivity index (χ1v) is 2.90. The zero-order valence-corrected chi connectivity index (χ0v) is 5.34. The first-order chi connectivity index (χ1) is 4.89. The van der Waals surface area contributed by atoms with Gasteiger partial charge in [-0.2, -0.15) is 0 Å². The topological polar surface area (TPSA) is 32.4 Å². The molecule has 0 amide bonds. The minimum absolute atomic E-state index is 0.500. The number of allylic oxidation sites excluding steroid dienone is 5. The molecule has 0 aliphatic carbocycles. The monoisotopic (exact) mass is 135 g/mol. The molecule has 0 N–H and O–H groups in total. The molecule has 0 saturated carbocycles. The van der Waals surface area contributed by atoms with Crippen molar-refractivity contribution in [3.63, 3.8) is 0 Å². The number of nitroso groups, excluding NO2 is 1. The smallest absolute Gasteiger partial charge is 0.0620 e. The molecule has 0 aromatic heterocycles. The zero-order valence-electron chi connectivity index (χ0n) is 5.34. The highest BCUT2D eigenvalue weighted by atomic mass is 16.3. The SMILES string of the molecule is O=[N+]1\C=C/C=C/C=C\C=N\1. The summed E-state index contributed by atoms with van der Waals surface area (Å²) in [5, 5.41) is 3.48. The van der Waals surface area contributed by atoms with E-state index in [0.29, 0.717) is 4.87 Å². The largest absolute Gasteiger partial charge is 0.260 e. The van der Waals surface area contributed by atoms with Gasteiger partial charge in [0.1, 0.15) is 0 Å². The first-order valence-electron chi connectivity index (χ1n) is 2.90. The number of rotatable bonds is 0. The van der Waals surface area contributed by atoms with Gasteiger partial charge in [-0.3, -0.25) is 0 Å². The van der Waals surface area contributed by atoms with Crippen molar-refractivity contribution in [2.45, 2.75) is 0 Å². The third-order valence-electron chi connectivity index (χ3n) is 0.925. The molecule has 0 bridgehead atoms. The molecule has 1 aliphatic rings. The maximum atomic E-state index is 10.6. The molecule has 3 heteroatoms. The van der Waals surface area contributed by atoms with Gasteiger partial charge in [0, 0.05) is 11.2 Å². The molecule has 0 spiro atoms. The standard InChI is InChI=1S/C7H7N2O/c10-9-7-5-3-1-2-4-6-8-9/h1-7H/q+1/b3-1+,4-2-,7-5-,8-6+. The molecule has 0 atom stereocenters. The minimum Gasteiger partial charge on any atom is -0.0620 e. The van der Waals surface area contributed by atoms with Crippen LogP contribution in [-0.2, 0) is 0 Å². The van der Waals surface area contributed by atoms with Crippen molar-refractivity contribution in [2.24, 2.45) is 5.10 Å². The Morgan fingerprint density at radius 3 is 2.60 bits per heavy atom. The van der Waals surface area contributed by atoms with E-state index in [1.165, 1.54) is 12.4 Å². The van der Waals surface area contributed by atoms with Crippen molar-refractivity contribution in [2.75, 3.05) is 0 Å². The van der Waals surface area contributed by atoms with Crippen molar-refractivity contribution in [1.29, 1.82) is 0 Å². The summed E-state index contributed by atoms with van der Waals surface area (Å²) in [5.74, 6) is 0. The Bertz CT molecular complexity index is 212. The summed E-state index contributed by atoms with van der Waals surface area (Å²) in [6, 6.07) is 0. The molecule has 0 aromatic carbocycles. The van der Waals surface area contributed by atoms with Crippen LogP contribution < -0.4 is 0 Å². The van der Waals surface area contributed by atoms with E-state index in [0.717, 1.165) is 0 Å². The van der Waals surface area contributed by atoms with E-state index in [2.05, 4.69) is 5.10 Å². The molecular formula is C7H7N2O+. The van der Waals surface area contributed by atoms with Gasteiger partial charge in [0.05, 0.1) is 11.1 Å². The lowest BCUT2D eigenvalue weighted by atomic mass is 10.4. The lowest BCUT2D eigenvalue weighted by molar-refractivity contribution is -0.483. The van der Waals surface area contributed by atoms with Gasteiger partial charge in [-0.05, 0) is 6.08 Å². The van der Waals surface area contributed by atoms with Crippen molar-refractivity contribution in [3.05, 3.63) is 41.5 Å². The van der Waals surface area contributed by atoms with Crippen LogP contribution in [0.2, 0.25) is 0 Å². The van der Waals surface area contributed by atoms with Gasteiger partial charge in [-0.15, -0.1) is 0 Å². The van der Waals surface area contributed by atoms with Crippen molar-refractivity contribution >= 4 is 6.21 Å². The quantitative estimate of drug-likeness (QED) is 0.462. The molecule has 0 unspecified atom stereocenters. The fourth-order valence-corrected chi connectivity index (χ4v) is 0.508. The molecule has 10 heavy (non-hydrogen) atoms. The highest BCUT2D eigenvalue weighted by Gasteiger charge is 1.93. The lowest BCUT2D eigenvalue weighted by Gasteiger charge is -1.65. The predicted molar refractivity (Wildman–Crippen MR) is 39.5 cm³/mol. The number of hydrogen-bond acceptors (Lipinski definition) is 1. The number of hydrogen-bond donors (Lipinski definition) is 0. The van der Waals surface area contributed by atoms with Gasteiger partial charge in [-0.25, -0.2) is 0 Å². The molecule has 0 fully saturated rings. The van der Waals surface area contributed by atoms with Gasteiger partial charge in [0.15, 0.2) is 4.87 Å². The van der Waals surface area contributed by atoms with E-state index >= 15 is 0 Å². The molecule has 1 aliphatic heterocycles. The third-order valence-corrected chi connectivity index (χ3v) is 0.925. The second-order valence-corrected chi connectivity index (χ2v) is 1.68. The van der Waals surface area contributed by atoms with Gasteiger partial charge in [0.25, 0.3) is 6.20 Å². The van der Waals surface area contributed by atoms with E-state index in [9.17, 15) is 4.91 Å².